The van der Waals surface area contributed by atoms with Gasteiger partial charge >= 0.3 is 0 Å². The summed E-state index contributed by atoms with van der Waals surface area (Å²) in [5.41, 5.74) is 2.70. The molecule has 2 N–H and O–H groups in total. The first-order valence-corrected chi connectivity index (χ1v) is 8.45. The van der Waals surface area contributed by atoms with Crippen molar-refractivity contribution in [2.75, 3.05) is 26.2 Å². The number of ether oxygens (including phenoxy) is 1. The van der Waals surface area contributed by atoms with Gasteiger partial charge < -0.3 is 15.4 Å². The number of benzene rings is 1. The van der Waals surface area contributed by atoms with E-state index in [0.29, 0.717) is 5.92 Å². The molecule has 1 aliphatic heterocycles. The standard InChI is InChI=1S/C18H29N3O.HI/c1-4-19-18(20-10-7-14(2)3)21-11-8-15-5-6-17-16(13-15)9-12-22-17;/h5-6,13-14H,4,7-12H2,1-3H3,(H2,19,20,21);1H. The summed E-state index contributed by atoms with van der Waals surface area (Å²) in [4.78, 5) is 4.62. The maximum Gasteiger partial charge on any atom is 0.191 e. The van der Waals surface area contributed by atoms with Gasteiger partial charge in [-0.1, -0.05) is 26.0 Å². The third-order valence-corrected chi connectivity index (χ3v) is 3.78. The molecule has 0 amide bonds. The summed E-state index contributed by atoms with van der Waals surface area (Å²) >= 11 is 0. The molecule has 1 aromatic carbocycles. The number of fused-ring (bicyclic) bond motifs is 1. The van der Waals surface area contributed by atoms with Gasteiger partial charge in [-0.25, -0.2) is 0 Å². The summed E-state index contributed by atoms with van der Waals surface area (Å²) in [7, 11) is 0. The van der Waals surface area contributed by atoms with E-state index in [1.54, 1.807) is 0 Å². The molecule has 2 rings (SSSR count). The molecule has 1 aromatic rings. The van der Waals surface area contributed by atoms with Gasteiger partial charge in [0.05, 0.1) is 6.61 Å². The van der Waals surface area contributed by atoms with E-state index in [0.717, 1.165) is 57.2 Å². The normalized spacial score (nSPS) is 13.3. The molecular formula is C18H30IN3O. The van der Waals surface area contributed by atoms with Gasteiger partial charge in [-0.2, -0.15) is 0 Å². The lowest BCUT2D eigenvalue weighted by molar-refractivity contribution is 0.357. The fourth-order valence-corrected chi connectivity index (χ4v) is 2.50. The first kappa shape index (κ1) is 20.1. The minimum Gasteiger partial charge on any atom is -0.493 e. The van der Waals surface area contributed by atoms with E-state index in [-0.39, 0.29) is 24.0 Å². The SMILES string of the molecule is CCNC(=NCCC(C)C)NCCc1ccc2c(c1)CCO2.I. The Morgan fingerprint density at radius 2 is 2.13 bits per heavy atom. The lowest BCUT2D eigenvalue weighted by atomic mass is 10.1. The molecule has 0 fully saturated rings. The maximum absolute atomic E-state index is 5.55. The van der Waals surface area contributed by atoms with Crippen LogP contribution in [-0.4, -0.2) is 32.2 Å². The molecule has 0 unspecified atom stereocenters. The van der Waals surface area contributed by atoms with Crippen LogP contribution in [0.5, 0.6) is 5.75 Å². The molecule has 0 aliphatic carbocycles. The number of halogens is 1. The van der Waals surface area contributed by atoms with Crippen LogP contribution in [0.1, 0.15) is 38.3 Å². The largest absolute Gasteiger partial charge is 0.493 e. The number of hydrogen-bond acceptors (Lipinski definition) is 2. The van der Waals surface area contributed by atoms with Crippen LogP contribution >= 0.6 is 24.0 Å². The van der Waals surface area contributed by atoms with Crippen molar-refractivity contribution in [1.82, 2.24) is 10.6 Å². The smallest absolute Gasteiger partial charge is 0.191 e. The molecule has 5 heteroatoms. The Balaban J connectivity index is 0.00000264. The quantitative estimate of drug-likeness (QED) is 0.395. The fourth-order valence-electron chi connectivity index (χ4n) is 2.50. The number of rotatable bonds is 7. The minimum absolute atomic E-state index is 0. The lowest BCUT2D eigenvalue weighted by Gasteiger charge is -2.12. The van der Waals surface area contributed by atoms with E-state index >= 15 is 0 Å². The molecular weight excluding hydrogens is 401 g/mol. The van der Waals surface area contributed by atoms with Crippen LogP contribution < -0.4 is 15.4 Å². The highest BCUT2D eigenvalue weighted by molar-refractivity contribution is 14.0. The summed E-state index contributed by atoms with van der Waals surface area (Å²) in [5.74, 6) is 2.67. The second kappa shape index (κ2) is 10.7. The molecule has 0 aromatic heterocycles. The zero-order valence-electron chi connectivity index (χ0n) is 14.5. The number of nitrogens with zero attached hydrogens (tertiary/aromatic N) is 1. The Kier molecular flexibility index (Phi) is 9.36. The van der Waals surface area contributed by atoms with Gasteiger partial charge in [-0.05, 0) is 42.9 Å². The topological polar surface area (TPSA) is 45.7 Å². The summed E-state index contributed by atoms with van der Waals surface area (Å²) in [6.07, 6.45) is 3.17. The minimum atomic E-state index is 0. The Labute approximate surface area is 157 Å². The van der Waals surface area contributed by atoms with E-state index in [2.05, 4.69) is 54.6 Å². The van der Waals surface area contributed by atoms with Crippen molar-refractivity contribution in [3.63, 3.8) is 0 Å². The molecule has 130 valence electrons. The van der Waals surface area contributed by atoms with Crippen molar-refractivity contribution in [3.8, 4) is 5.75 Å². The molecule has 1 heterocycles. The third kappa shape index (κ3) is 6.97. The van der Waals surface area contributed by atoms with E-state index in [9.17, 15) is 0 Å². The average Bonchev–Trinajstić information content (AvgIpc) is 2.94. The first-order valence-electron chi connectivity index (χ1n) is 8.45. The second-order valence-corrected chi connectivity index (χ2v) is 6.16. The Hall–Kier alpha value is -0.980. The van der Waals surface area contributed by atoms with Crippen molar-refractivity contribution in [3.05, 3.63) is 29.3 Å². The number of aliphatic imine (C=N–C) groups is 1. The van der Waals surface area contributed by atoms with Crippen LogP contribution in [0.4, 0.5) is 0 Å². The molecule has 0 bridgehead atoms. The molecule has 0 saturated heterocycles. The van der Waals surface area contributed by atoms with Crippen LogP contribution in [0.25, 0.3) is 0 Å². The molecule has 0 atom stereocenters. The summed E-state index contributed by atoms with van der Waals surface area (Å²) < 4.78 is 5.55. The maximum atomic E-state index is 5.55. The highest BCUT2D eigenvalue weighted by Gasteiger charge is 2.11. The predicted octanol–water partition coefficient (Wildman–Crippen LogP) is 3.38. The molecule has 1 aliphatic rings. The van der Waals surface area contributed by atoms with Crippen LogP contribution in [0.2, 0.25) is 0 Å². The Bertz CT molecular complexity index is 503. The lowest BCUT2D eigenvalue weighted by Crippen LogP contribution is -2.38. The zero-order valence-corrected chi connectivity index (χ0v) is 16.9. The summed E-state index contributed by atoms with van der Waals surface area (Å²) in [6.45, 7) is 10.0. The Morgan fingerprint density at radius 3 is 2.87 bits per heavy atom. The van der Waals surface area contributed by atoms with Crippen LogP contribution in [0.3, 0.4) is 0 Å². The van der Waals surface area contributed by atoms with Gasteiger partial charge in [-0.15, -0.1) is 24.0 Å². The number of guanidine groups is 1. The van der Waals surface area contributed by atoms with Gasteiger partial charge in [0.25, 0.3) is 0 Å². The average molecular weight is 431 g/mol. The van der Waals surface area contributed by atoms with Crippen molar-refractivity contribution < 1.29 is 4.74 Å². The van der Waals surface area contributed by atoms with E-state index in [1.807, 2.05) is 0 Å². The third-order valence-electron chi connectivity index (χ3n) is 3.78. The summed E-state index contributed by atoms with van der Waals surface area (Å²) in [6, 6.07) is 6.53. The zero-order chi connectivity index (χ0) is 15.8. The van der Waals surface area contributed by atoms with Crippen LogP contribution in [0.15, 0.2) is 23.2 Å². The molecule has 23 heavy (non-hydrogen) atoms. The van der Waals surface area contributed by atoms with Gasteiger partial charge in [-0.3, -0.25) is 4.99 Å². The van der Waals surface area contributed by atoms with Gasteiger partial charge in [0.2, 0.25) is 0 Å². The highest BCUT2D eigenvalue weighted by Crippen LogP contribution is 2.25. The number of hydrogen-bond donors (Lipinski definition) is 2. The second-order valence-electron chi connectivity index (χ2n) is 6.16. The van der Waals surface area contributed by atoms with Gasteiger partial charge in [0, 0.05) is 26.1 Å². The van der Waals surface area contributed by atoms with Crippen LogP contribution in [-0.2, 0) is 12.8 Å². The first-order chi connectivity index (χ1) is 10.7. The predicted molar refractivity (Wildman–Crippen MR) is 108 cm³/mol. The fraction of sp³-hybridized carbons (Fsp3) is 0.611. The molecule has 0 spiro atoms. The van der Waals surface area contributed by atoms with E-state index < -0.39 is 0 Å². The van der Waals surface area contributed by atoms with Gasteiger partial charge in [0.15, 0.2) is 5.96 Å². The highest BCUT2D eigenvalue weighted by atomic mass is 127. The van der Waals surface area contributed by atoms with Gasteiger partial charge in [0.1, 0.15) is 5.75 Å². The van der Waals surface area contributed by atoms with E-state index in [1.165, 1.54) is 11.1 Å². The Morgan fingerprint density at radius 1 is 1.30 bits per heavy atom. The summed E-state index contributed by atoms with van der Waals surface area (Å²) in [5, 5.41) is 6.72. The number of nitrogens with one attached hydrogen (secondary N) is 2. The van der Waals surface area contributed by atoms with Crippen molar-refractivity contribution in [1.29, 1.82) is 0 Å². The van der Waals surface area contributed by atoms with E-state index in [4.69, 9.17) is 4.74 Å². The molecule has 4 nitrogen and oxygen atoms in total. The van der Waals surface area contributed by atoms with Crippen molar-refractivity contribution in [2.24, 2.45) is 10.9 Å². The van der Waals surface area contributed by atoms with Crippen molar-refractivity contribution in [2.45, 2.75) is 40.0 Å². The molecule has 0 radical (unpaired) electrons. The monoisotopic (exact) mass is 431 g/mol. The van der Waals surface area contributed by atoms with Crippen molar-refractivity contribution >= 4 is 29.9 Å². The molecule has 0 saturated carbocycles. The van der Waals surface area contributed by atoms with Crippen LogP contribution in [0, 0.1) is 5.92 Å².